The van der Waals surface area contributed by atoms with Crippen molar-refractivity contribution in [3.63, 3.8) is 0 Å². The lowest BCUT2D eigenvalue weighted by atomic mass is 10.1. The second-order valence-electron chi connectivity index (χ2n) is 5.74. The molecule has 7 nitrogen and oxygen atoms in total. The van der Waals surface area contributed by atoms with Gasteiger partial charge in [-0.3, -0.25) is 0 Å². The molecule has 0 N–H and O–H groups in total. The highest BCUT2D eigenvalue weighted by Gasteiger charge is 2.30. The number of tetrazole rings is 1. The Labute approximate surface area is 160 Å². The lowest BCUT2D eigenvalue weighted by Crippen LogP contribution is -2.05. The molecule has 4 aromatic rings. The topological polar surface area (TPSA) is 82.5 Å². The Kier molecular flexibility index (Phi) is 4.55. The molecule has 4 rings (SSSR count). The first-order chi connectivity index (χ1) is 13.4. The molecule has 2 heterocycles. The Morgan fingerprint density at radius 3 is 2.54 bits per heavy atom. The molecule has 0 saturated heterocycles. The van der Waals surface area contributed by atoms with Crippen LogP contribution in [0.3, 0.4) is 0 Å². The van der Waals surface area contributed by atoms with Crippen LogP contribution >= 0.6 is 11.6 Å². The summed E-state index contributed by atoms with van der Waals surface area (Å²) in [5.74, 6) is 0.645. The van der Waals surface area contributed by atoms with E-state index in [1.54, 1.807) is 24.3 Å². The van der Waals surface area contributed by atoms with Gasteiger partial charge in [-0.2, -0.15) is 23.0 Å². The second kappa shape index (κ2) is 7.04. The molecule has 0 aliphatic carbocycles. The Hall–Kier alpha value is -3.27. The van der Waals surface area contributed by atoms with Gasteiger partial charge in [0, 0.05) is 16.1 Å². The van der Waals surface area contributed by atoms with E-state index >= 15 is 0 Å². The number of rotatable bonds is 4. The third-order valence-corrected chi connectivity index (χ3v) is 4.00. The smallest absolute Gasteiger partial charge is 0.337 e. The van der Waals surface area contributed by atoms with Crippen LogP contribution in [0.2, 0.25) is 5.02 Å². The zero-order valence-corrected chi connectivity index (χ0v) is 14.7. The number of alkyl halides is 3. The molecule has 0 aliphatic heterocycles. The predicted octanol–water partition coefficient (Wildman–Crippen LogP) is 4.11. The van der Waals surface area contributed by atoms with E-state index in [9.17, 15) is 13.2 Å². The van der Waals surface area contributed by atoms with Crippen molar-refractivity contribution in [2.45, 2.75) is 12.7 Å². The Morgan fingerprint density at radius 2 is 1.79 bits per heavy atom. The van der Waals surface area contributed by atoms with Gasteiger partial charge < -0.3 is 4.52 Å². The van der Waals surface area contributed by atoms with Gasteiger partial charge in [-0.05, 0) is 41.6 Å². The van der Waals surface area contributed by atoms with E-state index in [2.05, 4.69) is 25.6 Å². The van der Waals surface area contributed by atoms with Crippen LogP contribution in [0, 0.1) is 0 Å². The quantitative estimate of drug-likeness (QED) is 0.507. The molecule has 0 amide bonds. The summed E-state index contributed by atoms with van der Waals surface area (Å²) in [7, 11) is 0. The van der Waals surface area contributed by atoms with Crippen LogP contribution in [0.25, 0.3) is 22.8 Å². The summed E-state index contributed by atoms with van der Waals surface area (Å²) < 4.78 is 43.7. The van der Waals surface area contributed by atoms with Gasteiger partial charge in [-0.25, -0.2) is 0 Å². The van der Waals surface area contributed by atoms with Gasteiger partial charge in [0.1, 0.15) is 6.54 Å². The number of nitrogens with zero attached hydrogens (tertiary/aromatic N) is 6. The maximum Gasteiger partial charge on any atom is 0.416 e. The molecule has 2 aromatic carbocycles. The first-order valence-corrected chi connectivity index (χ1v) is 8.30. The fourth-order valence-electron chi connectivity index (χ4n) is 2.42. The predicted molar refractivity (Wildman–Crippen MR) is 92.1 cm³/mol. The molecule has 0 radical (unpaired) electrons. The van der Waals surface area contributed by atoms with Crippen LogP contribution in [0.4, 0.5) is 13.2 Å². The summed E-state index contributed by atoms with van der Waals surface area (Å²) in [4.78, 5) is 5.40. The molecule has 0 spiro atoms. The minimum Gasteiger partial charge on any atom is -0.337 e. The maximum absolute atomic E-state index is 12.8. The molecule has 142 valence electrons. The third-order valence-electron chi connectivity index (χ3n) is 3.75. The van der Waals surface area contributed by atoms with Gasteiger partial charge in [-0.1, -0.05) is 28.9 Å². The molecule has 0 bridgehead atoms. The van der Waals surface area contributed by atoms with Gasteiger partial charge in [0.15, 0.2) is 0 Å². The Bertz CT molecular complexity index is 1110. The third kappa shape index (κ3) is 3.86. The minimum absolute atomic E-state index is 0.0204. The van der Waals surface area contributed by atoms with E-state index in [0.717, 1.165) is 22.5 Å². The normalized spacial score (nSPS) is 11.7. The van der Waals surface area contributed by atoms with E-state index in [-0.39, 0.29) is 23.8 Å². The first kappa shape index (κ1) is 18.1. The molecule has 0 fully saturated rings. The van der Waals surface area contributed by atoms with Crippen LogP contribution < -0.4 is 0 Å². The van der Waals surface area contributed by atoms with Crippen molar-refractivity contribution in [2.24, 2.45) is 0 Å². The SMILES string of the molecule is FC(F)(F)c1cccc(-c2nnn(Cc3nc(-c4ccc(Cl)cc4)no3)n2)c1. The molecular formula is C17H10ClF3N6O. The van der Waals surface area contributed by atoms with Gasteiger partial charge in [0.25, 0.3) is 5.89 Å². The van der Waals surface area contributed by atoms with Crippen molar-refractivity contribution < 1.29 is 17.7 Å². The van der Waals surface area contributed by atoms with Crippen molar-refractivity contribution in [2.75, 3.05) is 0 Å². The summed E-state index contributed by atoms with van der Waals surface area (Å²) in [6.07, 6.45) is -4.45. The van der Waals surface area contributed by atoms with Crippen LogP contribution in [0.5, 0.6) is 0 Å². The molecule has 0 unspecified atom stereocenters. The zero-order valence-electron chi connectivity index (χ0n) is 13.9. The maximum atomic E-state index is 12.8. The summed E-state index contributed by atoms with van der Waals surface area (Å²) in [6.45, 7) is 0.0204. The molecule has 0 saturated carbocycles. The Morgan fingerprint density at radius 1 is 1.00 bits per heavy atom. The lowest BCUT2D eigenvalue weighted by molar-refractivity contribution is -0.137. The van der Waals surface area contributed by atoms with Crippen molar-refractivity contribution in [1.82, 2.24) is 30.3 Å². The van der Waals surface area contributed by atoms with Gasteiger partial charge in [0.2, 0.25) is 11.6 Å². The van der Waals surface area contributed by atoms with E-state index < -0.39 is 11.7 Å². The van der Waals surface area contributed by atoms with Crippen molar-refractivity contribution in [3.05, 3.63) is 65.0 Å². The van der Waals surface area contributed by atoms with E-state index in [4.69, 9.17) is 16.1 Å². The average molecular weight is 407 g/mol. The fourth-order valence-corrected chi connectivity index (χ4v) is 2.54. The highest BCUT2D eigenvalue weighted by Crippen LogP contribution is 2.31. The molecule has 11 heteroatoms. The highest BCUT2D eigenvalue weighted by molar-refractivity contribution is 6.30. The molecular weight excluding hydrogens is 397 g/mol. The second-order valence-corrected chi connectivity index (χ2v) is 6.18. The number of benzene rings is 2. The number of hydrogen-bond donors (Lipinski definition) is 0. The van der Waals surface area contributed by atoms with E-state index in [0.29, 0.717) is 10.8 Å². The van der Waals surface area contributed by atoms with Crippen molar-refractivity contribution in [1.29, 1.82) is 0 Å². The van der Waals surface area contributed by atoms with Gasteiger partial charge in [0.05, 0.1) is 5.56 Å². The largest absolute Gasteiger partial charge is 0.416 e. The van der Waals surface area contributed by atoms with Crippen molar-refractivity contribution >= 4 is 11.6 Å². The van der Waals surface area contributed by atoms with Gasteiger partial charge >= 0.3 is 6.18 Å². The monoisotopic (exact) mass is 406 g/mol. The van der Waals surface area contributed by atoms with E-state index in [1.807, 2.05) is 0 Å². The van der Waals surface area contributed by atoms with Crippen LogP contribution in [-0.2, 0) is 12.7 Å². The highest BCUT2D eigenvalue weighted by atomic mass is 35.5. The average Bonchev–Trinajstić information content (AvgIpc) is 3.32. The number of halogens is 4. The van der Waals surface area contributed by atoms with Crippen LogP contribution in [-0.4, -0.2) is 30.3 Å². The summed E-state index contributed by atoms with van der Waals surface area (Å²) in [5.41, 5.74) is 0.134. The van der Waals surface area contributed by atoms with Crippen LogP contribution in [0.15, 0.2) is 53.1 Å². The first-order valence-electron chi connectivity index (χ1n) is 7.92. The fraction of sp³-hybridized carbons (Fsp3) is 0.118. The summed E-state index contributed by atoms with van der Waals surface area (Å²) >= 11 is 5.85. The van der Waals surface area contributed by atoms with Crippen LogP contribution in [0.1, 0.15) is 11.5 Å². The van der Waals surface area contributed by atoms with Gasteiger partial charge in [-0.15, -0.1) is 10.2 Å². The zero-order chi connectivity index (χ0) is 19.7. The summed E-state index contributed by atoms with van der Waals surface area (Å²) in [5, 5.41) is 16.1. The molecule has 0 atom stereocenters. The standard InChI is InChI=1S/C17H10ClF3N6O/c18-13-6-4-10(5-7-13)15-22-14(28-25-15)9-27-24-16(23-26-27)11-2-1-3-12(8-11)17(19,20)21/h1-8H,9H2. The molecule has 2 aromatic heterocycles. The summed E-state index contributed by atoms with van der Waals surface area (Å²) in [6, 6.07) is 11.6. The molecule has 28 heavy (non-hydrogen) atoms. The molecule has 0 aliphatic rings. The van der Waals surface area contributed by atoms with Crippen molar-refractivity contribution in [3.8, 4) is 22.8 Å². The minimum atomic E-state index is -4.45. The number of hydrogen-bond acceptors (Lipinski definition) is 6. The Balaban J connectivity index is 1.52. The lowest BCUT2D eigenvalue weighted by Gasteiger charge is -2.06. The number of aromatic nitrogens is 6. The van der Waals surface area contributed by atoms with E-state index in [1.165, 1.54) is 12.1 Å².